The monoisotopic (exact) mass is 1060 g/mol. The van der Waals surface area contributed by atoms with E-state index in [0.717, 1.165) is 6.92 Å². The van der Waals surface area contributed by atoms with E-state index in [1.54, 1.807) is 0 Å². The second-order valence-electron chi connectivity index (χ2n) is 17.5. The number of aliphatic imine (C=N–C) groups is 1. The van der Waals surface area contributed by atoms with Crippen LogP contribution in [0, 0.1) is 5.92 Å². The number of rotatable bonds is 39. The van der Waals surface area contributed by atoms with Gasteiger partial charge in [0.15, 0.2) is 5.96 Å². The molecule has 0 aliphatic rings. The first-order valence-corrected chi connectivity index (χ1v) is 23.9. The van der Waals surface area contributed by atoms with Crippen molar-refractivity contribution in [3.8, 4) is 0 Å². The predicted octanol–water partition coefficient (Wildman–Crippen LogP) is -7.14. The number of aliphatic hydroxyl groups excluding tert-OH is 1. The third-order valence-corrected chi connectivity index (χ3v) is 10.9. The maximum absolute atomic E-state index is 13.9. The summed E-state index contributed by atoms with van der Waals surface area (Å²) in [6, 6.07) is -13.8. The summed E-state index contributed by atoms with van der Waals surface area (Å²) in [6.45, 7) is 3.55. The fourth-order valence-electron chi connectivity index (χ4n) is 6.66. The van der Waals surface area contributed by atoms with Gasteiger partial charge in [-0.15, -0.1) is 0 Å². The van der Waals surface area contributed by atoms with Crippen LogP contribution in [0.1, 0.15) is 104 Å². The minimum Gasteiger partial charge on any atom is -0.481 e. The zero-order valence-electron chi connectivity index (χ0n) is 41.9. The molecule has 0 aliphatic carbocycles. The predicted molar refractivity (Wildman–Crippen MR) is 262 cm³/mol. The number of guanidine groups is 1. The Bertz CT molecular complexity index is 1950. The molecule has 0 aromatic heterocycles. The number of carbonyl (C=O) groups is 12. The summed E-state index contributed by atoms with van der Waals surface area (Å²) >= 11 is 0. The number of aliphatic carboxylic acids is 3. The van der Waals surface area contributed by atoms with Crippen LogP contribution in [0.25, 0.3) is 0 Å². The molecule has 0 aromatic carbocycles. The second kappa shape index (κ2) is 35.8. The van der Waals surface area contributed by atoms with E-state index in [-0.39, 0.29) is 64.0 Å². The number of unbranched alkanes of at least 4 members (excludes halogenated alkanes) is 2. The van der Waals surface area contributed by atoms with Gasteiger partial charge in [-0.1, -0.05) is 20.3 Å². The molecule has 31 heteroatoms. The highest BCUT2D eigenvalue weighted by Crippen LogP contribution is 2.10. The Morgan fingerprint density at radius 2 is 0.905 bits per heavy atom. The van der Waals surface area contributed by atoms with E-state index in [2.05, 4.69) is 42.2 Å². The van der Waals surface area contributed by atoms with Gasteiger partial charge in [-0.3, -0.25) is 57.7 Å². The van der Waals surface area contributed by atoms with Crippen LogP contribution in [-0.4, -0.2) is 178 Å². The van der Waals surface area contributed by atoms with Crippen molar-refractivity contribution in [2.45, 2.75) is 159 Å². The molecule has 420 valence electrons. The van der Waals surface area contributed by atoms with Gasteiger partial charge in [0.25, 0.3) is 0 Å². The van der Waals surface area contributed by atoms with Gasteiger partial charge >= 0.3 is 17.9 Å². The van der Waals surface area contributed by atoms with Crippen molar-refractivity contribution in [1.82, 2.24) is 42.5 Å². The molecule has 0 rings (SSSR count). The number of amides is 9. The van der Waals surface area contributed by atoms with Gasteiger partial charge in [0, 0.05) is 19.4 Å². The third kappa shape index (κ3) is 27.5. The number of carboxylic acid groups (broad SMARTS) is 3. The van der Waals surface area contributed by atoms with E-state index in [4.69, 9.17) is 39.5 Å². The summed E-state index contributed by atoms with van der Waals surface area (Å²) in [6.07, 6.45) is -1.30. The Kier molecular flexibility index (Phi) is 32.3. The van der Waals surface area contributed by atoms with Crippen molar-refractivity contribution in [2.24, 2.45) is 45.3 Å². The molecule has 0 saturated carbocycles. The molecule has 74 heavy (non-hydrogen) atoms. The van der Waals surface area contributed by atoms with Crippen molar-refractivity contribution in [3.05, 3.63) is 0 Å². The first kappa shape index (κ1) is 66.8. The lowest BCUT2D eigenvalue weighted by Crippen LogP contribution is -2.61. The molecule has 31 nitrogen and oxygen atoms in total. The first-order valence-electron chi connectivity index (χ1n) is 23.9. The summed E-state index contributed by atoms with van der Waals surface area (Å²) in [5, 5.41) is 56.8. The Morgan fingerprint density at radius 1 is 0.473 bits per heavy atom. The minimum absolute atomic E-state index is 0.0344. The van der Waals surface area contributed by atoms with Gasteiger partial charge in [0.1, 0.15) is 48.3 Å². The molecule has 0 saturated heterocycles. The summed E-state index contributed by atoms with van der Waals surface area (Å²) in [4.78, 5) is 158. The lowest BCUT2D eigenvalue weighted by Gasteiger charge is -2.28. The number of aliphatic hydroxyl groups is 1. The molecule has 24 N–H and O–H groups in total. The van der Waals surface area contributed by atoms with E-state index in [1.807, 2.05) is 5.32 Å². The number of nitrogens with two attached hydrogens (primary N) is 6. The molecule has 0 bridgehead atoms. The van der Waals surface area contributed by atoms with Crippen LogP contribution in [0.2, 0.25) is 0 Å². The lowest BCUT2D eigenvalue weighted by atomic mass is 10.0. The quantitative estimate of drug-likeness (QED) is 0.0154. The molecule has 0 radical (unpaired) electrons. The van der Waals surface area contributed by atoms with Crippen molar-refractivity contribution in [3.63, 3.8) is 0 Å². The van der Waals surface area contributed by atoms with Gasteiger partial charge in [0.05, 0.1) is 19.1 Å². The van der Waals surface area contributed by atoms with Gasteiger partial charge in [-0.2, -0.15) is 0 Å². The van der Waals surface area contributed by atoms with Crippen molar-refractivity contribution in [2.75, 3.05) is 26.2 Å². The highest BCUT2D eigenvalue weighted by Gasteiger charge is 2.35. The van der Waals surface area contributed by atoms with Crippen LogP contribution in [0.3, 0.4) is 0 Å². The zero-order valence-corrected chi connectivity index (χ0v) is 41.9. The van der Waals surface area contributed by atoms with Crippen molar-refractivity contribution < 1.29 is 78.0 Å². The standard InChI is InChI=1S/C43H77N15O16/c1-21(2)33(58-39(70)26(12-14-30(47)60)52-35(66)23(46)9-4-6-16-44)41(72)55-27(13-15-31(61)62)38(69)57-29(20-59)40(71)54-24(10-5-7-17-45)37(68)53-25(11-8-18-50-43(48)49)36(67)51-22(3)34(65)56-28(42(73)74)19-32(63)64/h21-29,33,59H,4-20,44-46H2,1-3H3,(H2,47,60)(H,51,67)(H,52,66)(H,53,68)(H,54,71)(H,55,72)(H,56,65)(H,57,69)(H,58,70)(H,61,62)(H,63,64)(H,73,74)(H4,48,49,50)/t22-,23-,24-,25-,26-,27-,28-,29-,33-/m0/s1. The fourth-order valence-corrected chi connectivity index (χ4v) is 6.66. The Hall–Kier alpha value is -7.25. The fraction of sp³-hybridized carbons (Fsp3) is 0.698. The van der Waals surface area contributed by atoms with E-state index < -0.39 is 157 Å². The lowest BCUT2D eigenvalue weighted by molar-refractivity contribution is -0.147. The van der Waals surface area contributed by atoms with Crippen molar-refractivity contribution in [1.29, 1.82) is 0 Å². The number of carboxylic acids is 3. The van der Waals surface area contributed by atoms with Crippen LogP contribution in [0.15, 0.2) is 4.99 Å². The average molecular weight is 1060 g/mol. The highest BCUT2D eigenvalue weighted by molar-refractivity contribution is 5.98. The van der Waals surface area contributed by atoms with E-state index in [1.165, 1.54) is 13.8 Å². The van der Waals surface area contributed by atoms with Crippen LogP contribution < -0.4 is 76.9 Å². The maximum atomic E-state index is 13.9. The number of carbonyl (C=O) groups excluding carboxylic acids is 9. The number of nitrogens with zero attached hydrogens (tertiary/aromatic N) is 1. The molecule has 0 heterocycles. The Labute approximate surface area is 427 Å². The molecular formula is C43H77N15O16. The van der Waals surface area contributed by atoms with Gasteiger partial charge in [-0.25, -0.2) is 4.79 Å². The molecule has 0 fully saturated rings. The van der Waals surface area contributed by atoms with Crippen LogP contribution in [-0.2, 0) is 57.5 Å². The Morgan fingerprint density at radius 3 is 1.38 bits per heavy atom. The number of nitrogens with one attached hydrogen (secondary N) is 8. The molecule has 0 unspecified atom stereocenters. The van der Waals surface area contributed by atoms with E-state index in [0.29, 0.717) is 25.8 Å². The highest BCUT2D eigenvalue weighted by atomic mass is 16.4. The Balaban J connectivity index is 6.53. The molecule has 0 spiro atoms. The van der Waals surface area contributed by atoms with Gasteiger partial charge < -0.3 is 97.4 Å². The number of primary amides is 1. The smallest absolute Gasteiger partial charge is 0.326 e. The minimum atomic E-state index is -1.86. The van der Waals surface area contributed by atoms with Gasteiger partial charge in [0.2, 0.25) is 53.2 Å². The van der Waals surface area contributed by atoms with Crippen LogP contribution >= 0.6 is 0 Å². The molecule has 9 amide bonds. The molecule has 0 aromatic rings. The van der Waals surface area contributed by atoms with Crippen molar-refractivity contribution >= 4 is 77.0 Å². The second-order valence-corrected chi connectivity index (χ2v) is 17.5. The summed E-state index contributed by atoms with van der Waals surface area (Å²) in [7, 11) is 0. The molecular weight excluding hydrogens is 983 g/mol. The van der Waals surface area contributed by atoms with Gasteiger partial charge in [-0.05, 0) is 83.7 Å². The summed E-state index contributed by atoms with van der Waals surface area (Å²) in [5.41, 5.74) is 33.2. The topological polar surface area (TPSA) is 550 Å². The van der Waals surface area contributed by atoms with E-state index in [9.17, 15) is 72.9 Å². The third-order valence-electron chi connectivity index (χ3n) is 10.9. The molecule has 0 aliphatic heterocycles. The van der Waals surface area contributed by atoms with Crippen LogP contribution in [0.4, 0.5) is 0 Å². The first-order chi connectivity index (χ1) is 34.7. The number of hydrogen-bond donors (Lipinski definition) is 18. The zero-order chi connectivity index (χ0) is 56.7. The summed E-state index contributed by atoms with van der Waals surface area (Å²) < 4.78 is 0. The normalized spacial score (nSPS) is 14.6. The number of hydrogen-bond acceptors (Lipinski definition) is 17. The average Bonchev–Trinajstić information content (AvgIpc) is 3.31. The largest absolute Gasteiger partial charge is 0.481 e. The maximum Gasteiger partial charge on any atom is 0.326 e. The SMILES string of the molecule is CC(C)[C@H](NC(=O)[C@H](CCC(N)=O)NC(=O)[C@@H](N)CCCCN)C(=O)N[C@@H](CCC(=O)O)C(=O)N[C@@H](CO)C(=O)N[C@@H](CCCCN)C(=O)N[C@@H](CCCN=C(N)N)C(=O)N[C@@H](C)C(=O)N[C@@H](CC(=O)O)C(=O)O. The van der Waals surface area contributed by atoms with E-state index >= 15 is 0 Å². The summed E-state index contributed by atoms with van der Waals surface area (Å²) in [5.74, 6) is -14.5. The molecule has 9 atom stereocenters. The van der Waals surface area contributed by atoms with Crippen LogP contribution in [0.5, 0.6) is 0 Å².